The third kappa shape index (κ3) is 3.06. The summed E-state index contributed by atoms with van der Waals surface area (Å²) >= 11 is 1.48. The maximum absolute atomic E-state index is 13.2. The number of hydrogen-bond acceptors (Lipinski definition) is 6. The van der Waals surface area contributed by atoms with Gasteiger partial charge in [-0.2, -0.15) is 5.10 Å². The zero-order valence-electron chi connectivity index (χ0n) is 14.7. The summed E-state index contributed by atoms with van der Waals surface area (Å²) in [5.41, 5.74) is 1.29. The van der Waals surface area contributed by atoms with E-state index in [1.807, 2.05) is 18.2 Å². The molecule has 1 atom stereocenters. The maximum atomic E-state index is 13.2. The van der Waals surface area contributed by atoms with E-state index in [1.54, 1.807) is 36.0 Å². The van der Waals surface area contributed by atoms with Gasteiger partial charge >= 0.3 is 0 Å². The fourth-order valence-electron chi connectivity index (χ4n) is 3.15. The van der Waals surface area contributed by atoms with E-state index in [0.717, 1.165) is 29.7 Å². The summed E-state index contributed by atoms with van der Waals surface area (Å²) in [5, 5.41) is 4.76. The van der Waals surface area contributed by atoms with Gasteiger partial charge in [0, 0.05) is 19.9 Å². The molecular formula is C18H20N4O3S. The van der Waals surface area contributed by atoms with Crippen LogP contribution < -0.4 is 9.64 Å². The molecule has 3 heterocycles. The Balaban J connectivity index is 1.74. The number of rotatable bonds is 5. The quantitative estimate of drug-likeness (QED) is 0.689. The molecule has 0 unspecified atom stereocenters. The van der Waals surface area contributed by atoms with Gasteiger partial charge in [-0.05, 0) is 31.0 Å². The van der Waals surface area contributed by atoms with Crippen molar-refractivity contribution in [3.8, 4) is 5.75 Å². The SMILES string of the molecule is COc1cccc2sc(N(C[C@@H]3CCCO3)C(=O)c3ccnn3C)nc12. The van der Waals surface area contributed by atoms with Crippen molar-refractivity contribution >= 4 is 32.6 Å². The Bertz CT molecular complexity index is 930. The summed E-state index contributed by atoms with van der Waals surface area (Å²) in [5.74, 6) is 0.577. The summed E-state index contributed by atoms with van der Waals surface area (Å²) in [6.45, 7) is 1.22. The number of aryl methyl sites for hydroxylation is 1. The van der Waals surface area contributed by atoms with Crippen molar-refractivity contribution < 1.29 is 14.3 Å². The number of fused-ring (bicyclic) bond motifs is 1. The second kappa shape index (κ2) is 7.05. The smallest absolute Gasteiger partial charge is 0.278 e. The monoisotopic (exact) mass is 372 g/mol. The van der Waals surface area contributed by atoms with Crippen LogP contribution in [0.3, 0.4) is 0 Å². The minimum atomic E-state index is -0.126. The molecule has 1 aliphatic heterocycles. The number of aromatic nitrogens is 3. The highest BCUT2D eigenvalue weighted by molar-refractivity contribution is 7.22. The molecule has 26 heavy (non-hydrogen) atoms. The molecule has 1 amide bonds. The summed E-state index contributed by atoms with van der Waals surface area (Å²) < 4.78 is 13.7. The predicted octanol–water partition coefficient (Wildman–Crippen LogP) is 2.86. The number of hydrogen-bond donors (Lipinski definition) is 0. The van der Waals surface area contributed by atoms with E-state index in [0.29, 0.717) is 23.1 Å². The number of nitrogens with zero attached hydrogens (tertiary/aromatic N) is 4. The zero-order chi connectivity index (χ0) is 18.1. The fraction of sp³-hybridized carbons (Fsp3) is 0.389. The van der Waals surface area contributed by atoms with E-state index in [-0.39, 0.29) is 12.0 Å². The van der Waals surface area contributed by atoms with E-state index in [1.165, 1.54) is 11.3 Å². The van der Waals surface area contributed by atoms with Gasteiger partial charge in [-0.15, -0.1) is 0 Å². The molecule has 1 saturated heterocycles. The average Bonchev–Trinajstić information content (AvgIpc) is 3.38. The van der Waals surface area contributed by atoms with Crippen LogP contribution in [0, 0.1) is 0 Å². The van der Waals surface area contributed by atoms with E-state index in [9.17, 15) is 4.79 Å². The van der Waals surface area contributed by atoms with Gasteiger partial charge in [0.25, 0.3) is 5.91 Å². The first-order valence-corrected chi connectivity index (χ1v) is 9.34. The van der Waals surface area contributed by atoms with Gasteiger partial charge in [0.15, 0.2) is 5.13 Å². The first-order chi connectivity index (χ1) is 12.7. The van der Waals surface area contributed by atoms with Gasteiger partial charge < -0.3 is 9.47 Å². The number of carbonyl (C=O) groups is 1. The van der Waals surface area contributed by atoms with Crippen LogP contribution in [0.1, 0.15) is 23.3 Å². The zero-order valence-corrected chi connectivity index (χ0v) is 15.5. The lowest BCUT2D eigenvalue weighted by molar-refractivity contribution is 0.0909. The van der Waals surface area contributed by atoms with Crippen molar-refractivity contribution in [2.45, 2.75) is 18.9 Å². The molecule has 2 aromatic heterocycles. The van der Waals surface area contributed by atoms with Crippen molar-refractivity contribution in [2.75, 3.05) is 25.2 Å². The molecule has 0 saturated carbocycles. The van der Waals surface area contributed by atoms with E-state index >= 15 is 0 Å². The van der Waals surface area contributed by atoms with Crippen LogP contribution in [-0.2, 0) is 11.8 Å². The molecule has 0 spiro atoms. The molecule has 4 rings (SSSR count). The maximum Gasteiger partial charge on any atom is 0.278 e. The Labute approximate surface area is 155 Å². The van der Waals surface area contributed by atoms with Crippen LogP contribution in [0.4, 0.5) is 5.13 Å². The van der Waals surface area contributed by atoms with Gasteiger partial charge in [-0.3, -0.25) is 14.4 Å². The molecule has 0 aliphatic carbocycles. The van der Waals surface area contributed by atoms with Gasteiger partial charge in [0.05, 0.1) is 24.5 Å². The van der Waals surface area contributed by atoms with Crippen molar-refractivity contribution in [3.05, 3.63) is 36.2 Å². The molecule has 1 aliphatic rings. The standard InChI is InChI=1S/C18H20N4O3S/c1-21-13(8-9-19-21)17(23)22(11-12-5-4-10-25-12)18-20-16-14(24-2)6-3-7-15(16)26-18/h3,6-9,12H,4-5,10-11H2,1-2H3/t12-/m0/s1. The molecule has 7 nitrogen and oxygen atoms in total. The molecular weight excluding hydrogens is 352 g/mol. The van der Waals surface area contributed by atoms with E-state index < -0.39 is 0 Å². The van der Waals surface area contributed by atoms with Crippen molar-refractivity contribution in [1.82, 2.24) is 14.8 Å². The molecule has 0 N–H and O–H groups in total. The first-order valence-electron chi connectivity index (χ1n) is 8.52. The molecule has 3 aromatic rings. The highest BCUT2D eigenvalue weighted by Gasteiger charge is 2.28. The van der Waals surface area contributed by atoms with E-state index in [2.05, 4.69) is 5.10 Å². The molecule has 8 heteroatoms. The molecule has 136 valence electrons. The normalized spacial score (nSPS) is 16.9. The van der Waals surface area contributed by atoms with Crippen molar-refractivity contribution in [3.63, 3.8) is 0 Å². The Morgan fingerprint density at radius 1 is 1.46 bits per heavy atom. The minimum absolute atomic E-state index is 0.0288. The highest BCUT2D eigenvalue weighted by Crippen LogP contribution is 2.35. The van der Waals surface area contributed by atoms with Crippen LogP contribution >= 0.6 is 11.3 Å². The number of thiazole rings is 1. The van der Waals surface area contributed by atoms with Gasteiger partial charge in [0.2, 0.25) is 0 Å². The van der Waals surface area contributed by atoms with Crippen LogP contribution in [0.15, 0.2) is 30.5 Å². The Hall–Kier alpha value is -2.45. The van der Waals surface area contributed by atoms with Crippen LogP contribution in [0.25, 0.3) is 10.2 Å². The minimum Gasteiger partial charge on any atom is -0.494 e. The second-order valence-corrected chi connectivity index (χ2v) is 7.20. The topological polar surface area (TPSA) is 69.5 Å². The third-order valence-corrected chi connectivity index (χ3v) is 5.56. The highest BCUT2D eigenvalue weighted by atomic mass is 32.1. The van der Waals surface area contributed by atoms with Crippen LogP contribution in [0.2, 0.25) is 0 Å². The van der Waals surface area contributed by atoms with Crippen LogP contribution in [0.5, 0.6) is 5.75 Å². The summed E-state index contributed by atoms with van der Waals surface area (Å²) in [4.78, 5) is 19.6. The molecule has 0 bridgehead atoms. The Morgan fingerprint density at radius 3 is 3.04 bits per heavy atom. The lowest BCUT2D eigenvalue weighted by Gasteiger charge is -2.22. The van der Waals surface area contributed by atoms with Gasteiger partial charge in [0.1, 0.15) is 17.0 Å². The number of anilines is 1. The largest absolute Gasteiger partial charge is 0.494 e. The average molecular weight is 372 g/mol. The number of methoxy groups -OCH3 is 1. The molecule has 1 aromatic carbocycles. The van der Waals surface area contributed by atoms with Gasteiger partial charge in [-0.25, -0.2) is 4.98 Å². The molecule has 1 fully saturated rings. The summed E-state index contributed by atoms with van der Waals surface area (Å²) in [6, 6.07) is 7.51. The lowest BCUT2D eigenvalue weighted by atomic mass is 10.2. The fourth-order valence-corrected chi connectivity index (χ4v) is 4.14. The van der Waals surface area contributed by atoms with Crippen LogP contribution in [-0.4, -0.2) is 47.0 Å². The Kier molecular flexibility index (Phi) is 4.60. The first kappa shape index (κ1) is 17.0. The summed E-state index contributed by atoms with van der Waals surface area (Å²) in [7, 11) is 3.39. The number of para-hydroxylation sites is 1. The number of amides is 1. The Morgan fingerprint density at radius 2 is 2.35 bits per heavy atom. The van der Waals surface area contributed by atoms with Crippen molar-refractivity contribution in [2.24, 2.45) is 7.05 Å². The number of carbonyl (C=O) groups excluding carboxylic acids is 1. The number of benzene rings is 1. The second-order valence-electron chi connectivity index (χ2n) is 6.19. The van der Waals surface area contributed by atoms with Gasteiger partial charge in [-0.1, -0.05) is 17.4 Å². The van der Waals surface area contributed by atoms with E-state index in [4.69, 9.17) is 14.5 Å². The third-order valence-electron chi connectivity index (χ3n) is 4.52. The molecule has 0 radical (unpaired) electrons. The predicted molar refractivity (Wildman–Crippen MR) is 100 cm³/mol. The lowest BCUT2D eigenvalue weighted by Crippen LogP contribution is -2.38. The number of ether oxygens (including phenoxy) is 2. The summed E-state index contributed by atoms with van der Waals surface area (Å²) in [6.07, 6.45) is 3.62. The van der Waals surface area contributed by atoms with Crippen molar-refractivity contribution in [1.29, 1.82) is 0 Å².